The van der Waals surface area contributed by atoms with Crippen LogP contribution in [-0.2, 0) is 16.4 Å². The van der Waals surface area contributed by atoms with E-state index in [1.54, 1.807) is 18.3 Å². The number of rotatable bonds is 4. The van der Waals surface area contributed by atoms with Crippen LogP contribution >= 0.6 is 22.9 Å². The Morgan fingerprint density at radius 1 is 1.33 bits per heavy atom. The van der Waals surface area contributed by atoms with Crippen molar-refractivity contribution in [3.63, 3.8) is 0 Å². The first kappa shape index (κ1) is 13.3. The molecule has 0 unspecified atom stereocenters. The molecule has 0 atom stereocenters. The zero-order valence-corrected chi connectivity index (χ0v) is 11.8. The van der Waals surface area contributed by atoms with Gasteiger partial charge in [-0.15, -0.1) is 11.3 Å². The Labute approximate surface area is 114 Å². The third-order valence-corrected chi connectivity index (χ3v) is 4.38. The molecule has 7 heteroatoms. The lowest BCUT2D eigenvalue weighted by Crippen LogP contribution is -1.97. The van der Waals surface area contributed by atoms with E-state index in [0.717, 1.165) is 4.88 Å². The predicted molar refractivity (Wildman–Crippen MR) is 71.0 cm³/mol. The van der Waals surface area contributed by atoms with Gasteiger partial charge in [0.2, 0.25) is 0 Å². The average molecular weight is 304 g/mol. The topological polar surface area (TPSA) is 56.3 Å². The zero-order chi connectivity index (χ0) is 13.2. The number of nitrogens with zero attached hydrogens (tertiary/aromatic N) is 1. The first-order valence-corrected chi connectivity index (χ1v) is 8.07. The third kappa shape index (κ3) is 3.44. The van der Waals surface area contributed by atoms with Crippen molar-refractivity contribution in [2.24, 2.45) is 0 Å². The van der Waals surface area contributed by atoms with E-state index in [1.165, 1.54) is 29.7 Å². The van der Waals surface area contributed by atoms with E-state index < -0.39 is 9.84 Å². The number of hydrogen-bond donors (Lipinski definition) is 0. The molecule has 0 aliphatic rings. The van der Waals surface area contributed by atoms with Crippen molar-refractivity contribution in [3.8, 4) is 5.75 Å². The molecule has 2 rings (SSSR count). The second-order valence-corrected chi connectivity index (χ2v) is 7.32. The van der Waals surface area contributed by atoms with Gasteiger partial charge in [0, 0.05) is 12.5 Å². The minimum absolute atomic E-state index is 0.274. The Morgan fingerprint density at radius 2 is 2.00 bits per heavy atom. The summed E-state index contributed by atoms with van der Waals surface area (Å²) in [7, 11) is -3.16. The van der Waals surface area contributed by atoms with Crippen molar-refractivity contribution < 1.29 is 13.2 Å². The molecule has 0 spiro atoms. The monoisotopic (exact) mass is 303 g/mol. The minimum Gasteiger partial charge on any atom is -0.488 e. The molecule has 4 nitrogen and oxygen atoms in total. The summed E-state index contributed by atoms with van der Waals surface area (Å²) >= 11 is 7.05. The molecule has 96 valence electrons. The first-order chi connectivity index (χ1) is 8.45. The molecule has 0 radical (unpaired) electrons. The lowest BCUT2D eigenvalue weighted by atomic mass is 10.3. The third-order valence-electron chi connectivity index (χ3n) is 2.16. The summed E-state index contributed by atoms with van der Waals surface area (Å²) in [6.45, 7) is 0.364. The minimum atomic E-state index is -3.16. The lowest BCUT2D eigenvalue weighted by Gasteiger charge is -2.04. The highest BCUT2D eigenvalue weighted by molar-refractivity contribution is 7.90. The van der Waals surface area contributed by atoms with Crippen molar-refractivity contribution in [3.05, 3.63) is 39.8 Å². The van der Waals surface area contributed by atoms with E-state index in [-0.39, 0.29) is 4.90 Å². The number of thiazole rings is 1. The van der Waals surface area contributed by atoms with Crippen LogP contribution in [0.2, 0.25) is 4.47 Å². The van der Waals surface area contributed by atoms with Crippen LogP contribution in [0.1, 0.15) is 4.88 Å². The van der Waals surface area contributed by atoms with Gasteiger partial charge < -0.3 is 4.74 Å². The molecule has 0 bridgehead atoms. The first-order valence-electron chi connectivity index (χ1n) is 4.98. The van der Waals surface area contributed by atoms with E-state index >= 15 is 0 Å². The highest BCUT2D eigenvalue weighted by atomic mass is 35.5. The van der Waals surface area contributed by atoms with Crippen LogP contribution in [0.3, 0.4) is 0 Å². The van der Waals surface area contributed by atoms with Crippen LogP contribution in [0.25, 0.3) is 0 Å². The molecule has 2 aromatic rings. The quantitative estimate of drug-likeness (QED) is 0.871. The summed E-state index contributed by atoms with van der Waals surface area (Å²) in [6, 6.07) is 6.28. The predicted octanol–water partition coefficient (Wildman–Crippen LogP) is 2.78. The second kappa shape index (κ2) is 5.26. The molecule has 1 aromatic carbocycles. The summed E-state index contributed by atoms with van der Waals surface area (Å²) < 4.78 is 28.5. The molecule has 18 heavy (non-hydrogen) atoms. The summed E-state index contributed by atoms with van der Waals surface area (Å²) in [6.07, 6.45) is 2.82. The molecule has 0 saturated heterocycles. The molecule has 0 N–H and O–H groups in total. The highest BCUT2D eigenvalue weighted by Crippen LogP contribution is 2.21. The maximum absolute atomic E-state index is 11.3. The molecule has 1 aromatic heterocycles. The Morgan fingerprint density at radius 3 is 2.50 bits per heavy atom. The number of hydrogen-bond acceptors (Lipinski definition) is 5. The van der Waals surface area contributed by atoms with E-state index in [2.05, 4.69) is 4.98 Å². The maximum Gasteiger partial charge on any atom is 0.183 e. The molecule has 0 fully saturated rings. The van der Waals surface area contributed by atoms with Crippen LogP contribution in [0.5, 0.6) is 5.75 Å². The van der Waals surface area contributed by atoms with Crippen LogP contribution in [0.15, 0.2) is 35.4 Å². The van der Waals surface area contributed by atoms with E-state index in [0.29, 0.717) is 16.8 Å². The van der Waals surface area contributed by atoms with Gasteiger partial charge in [0.25, 0.3) is 0 Å². The number of halogens is 1. The largest absolute Gasteiger partial charge is 0.488 e. The number of ether oxygens (including phenoxy) is 1. The molecule has 0 saturated carbocycles. The van der Waals surface area contributed by atoms with Crippen molar-refractivity contribution in [1.82, 2.24) is 4.98 Å². The molecular formula is C11H10ClNO3S2. The molecule has 0 amide bonds. The molecular weight excluding hydrogens is 294 g/mol. The van der Waals surface area contributed by atoms with Gasteiger partial charge in [0.05, 0.1) is 9.77 Å². The smallest absolute Gasteiger partial charge is 0.183 e. The Bertz CT molecular complexity index is 635. The summed E-state index contributed by atoms with van der Waals surface area (Å²) in [4.78, 5) is 5.08. The van der Waals surface area contributed by atoms with Crippen LogP contribution in [0.4, 0.5) is 0 Å². The van der Waals surface area contributed by atoms with Gasteiger partial charge >= 0.3 is 0 Å². The maximum atomic E-state index is 11.3. The standard InChI is InChI=1S/C11H10ClNO3S2/c1-18(14,15)10-4-2-8(3-5-10)16-7-9-6-13-11(12)17-9/h2-6H,7H2,1H3. The average Bonchev–Trinajstić information content (AvgIpc) is 2.72. The molecule has 1 heterocycles. The fraction of sp³-hybridized carbons (Fsp3) is 0.182. The second-order valence-electron chi connectivity index (χ2n) is 3.61. The van der Waals surface area contributed by atoms with E-state index in [4.69, 9.17) is 16.3 Å². The number of sulfone groups is 1. The van der Waals surface area contributed by atoms with Crippen LogP contribution < -0.4 is 4.74 Å². The van der Waals surface area contributed by atoms with Gasteiger partial charge in [-0.3, -0.25) is 0 Å². The van der Waals surface area contributed by atoms with Crippen molar-refractivity contribution in [1.29, 1.82) is 0 Å². The van der Waals surface area contributed by atoms with Crippen molar-refractivity contribution >= 4 is 32.8 Å². The zero-order valence-electron chi connectivity index (χ0n) is 9.46. The molecule has 0 aliphatic carbocycles. The van der Waals surface area contributed by atoms with Gasteiger partial charge in [0.15, 0.2) is 14.3 Å². The summed E-state index contributed by atoms with van der Waals surface area (Å²) in [5.41, 5.74) is 0. The van der Waals surface area contributed by atoms with Gasteiger partial charge in [-0.05, 0) is 24.3 Å². The van der Waals surface area contributed by atoms with Gasteiger partial charge in [-0.2, -0.15) is 0 Å². The Balaban J connectivity index is 2.03. The van der Waals surface area contributed by atoms with Gasteiger partial charge in [-0.1, -0.05) is 11.6 Å². The lowest BCUT2D eigenvalue weighted by molar-refractivity contribution is 0.309. The number of benzene rings is 1. The van der Waals surface area contributed by atoms with Crippen molar-refractivity contribution in [2.45, 2.75) is 11.5 Å². The SMILES string of the molecule is CS(=O)(=O)c1ccc(OCc2cnc(Cl)s2)cc1. The highest BCUT2D eigenvalue weighted by Gasteiger charge is 2.06. The van der Waals surface area contributed by atoms with Crippen LogP contribution in [-0.4, -0.2) is 19.7 Å². The van der Waals surface area contributed by atoms with Crippen molar-refractivity contribution in [2.75, 3.05) is 6.26 Å². The Hall–Kier alpha value is -1.11. The molecule has 0 aliphatic heterocycles. The summed E-state index contributed by atoms with van der Waals surface area (Å²) in [5.74, 6) is 0.604. The van der Waals surface area contributed by atoms with E-state index in [9.17, 15) is 8.42 Å². The fourth-order valence-corrected chi connectivity index (χ4v) is 2.81. The normalized spacial score (nSPS) is 11.4. The van der Waals surface area contributed by atoms with Gasteiger partial charge in [-0.25, -0.2) is 13.4 Å². The van der Waals surface area contributed by atoms with Crippen LogP contribution in [0, 0.1) is 0 Å². The van der Waals surface area contributed by atoms with E-state index in [1.807, 2.05) is 0 Å². The number of aromatic nitrogens is 1. The summed E-state index contributed by atoms with van der Waals surface area (Å²) in [5, 5.41) is 0. The Kier molecular flexibility index (Phi) is 3.89. The fourth-order valence-electron chi connectivity index (χ4n) is 1.29. The van der Waals surface area contributed by atoms with Gasteiger partial charge in [0.1, 0.15) is 12.4 Å².